The number of rotatable bonds is 6. The van der Waals surface area contributed by atoms with Crippen molar-refractivity contribution in [3.05, 3.63) is 0 Å². The molecule has 1 amide bonds. The summed E-state index contributed by atoms with van der Waals surface area (Å²) in [5.41, 5.74) is 6.11. The maximum atomic E-state index is 12.5. The Morgan fingerprint density at radius 1 is 1.35 bits per heavy atom. The van der Waals surface area contributed by atoms with Gasteiger partial charge in [-0.3, -0.25) is 4.79 Å². The molecule has 0 spiro atoms. The van der Waals surface area contributed by atoms with Crippen LogP contribution in [0.15, 0.2) is 0 Å². The number of likely N-dealkylation sites (N-methyl/N-ethyl adjacent to an activating group) is 1. The van der Waals surface area contributed by atoms with Crippen molar-refractivity contribution in [3.63, 3.8) is 0 Å². The molecule has 118 valence electrons. The van der Waals surface area contributed by atoms with Gasteiger partial charge in [0.25, 0.3) is 0 Å². The first-order valence-electron chi connectivity index (χ1n) is 8.02. The van der Waals surface area contributed by atoms with Crippen LogP contribution in [-0.2, 0) is 4.79 Å². The minimum absolute atomic E-state index is 0.0931. The van der Waals surface area contributed by atoms with Crippen LogP contribution in [0.2, 0.25) is 0 Å². The van der Waals surface area contributed by atoms with Gasteiger partial charge < -0.3 is 16.0 Å². The van der Waals surface area contributed by atoms with Gasteiger partial charge in [0.2, 0.25) is 5.91 Å². The van der Waals surface area contributed by atoms with E-state index in [9.17, 15) is 4.79 Å². The number of hydrogen-bond acceptors (Lipinski definition) is 3. The third-order valence-electron chi connectivity index (χ3n) is 4.39. The van der Waals surface area contributed by atoms with Crippen molar-refractivity contribution < 1.29 is 4.79 Å². The first-order chi connectivity index (χ1) is 9.31. The van der Waals surface area contributed by atoms with Gasteiger partial charge in [0, 0.05) is 24.5 Å². The molecule has 1 aliphatic rings. The largest absolute Gasteiger partial charge is 0.352 e. The van der Waals surface area contributed by atoms with Crippen LogP contribution in [0.1, 0.15) is 46.5 Å². The zero-order valence-corrected chi connectivity index (χ0v) is 13.9. The second kappa shape index (κ2) is 7.99. The van der Waals surface area contributed by atoms with Crippen LogP contribution in [0.5, 0.6) is 0 Å². The summed E-state index contributed by atoms with van der Waals surface area (Å²) in [6.07, 6.45) is 4.14. The van der Waals surface area contributed by atoms with Gasteiger partial charge in [-0.05, 0) is 45.2 Å². The molecule has 0 radical (unpaired) electrons. The molecule has 1 rings (SSSR count). The van der Waals surface area contributed by atoms with Crippen LogP contribution in [0.4, 0.5) is 0 Å². The lowest BCUT2D eigenvalue weighted by atomic mass is 9.76. The summed E-state index contributed by atoms with van der Waals surface area (Å²) in [5.74, 6) is 1.19. The molecule has 0 aromatic heterocycles. The van der Waals surface area contributed by atoms with E-state index in [0.29, 0.717) is 11.8 Å². The summed E-state index contributed by atoms with van der Waals surface area (Å²) in [4.78, 5) is 14.7. The maximum Gasteiger partial charge on any atom is 0.223 e. The molecule has 0 heterocycles. The number of hydrogen-bond donors (Lipinski definition) is 2. The van der Waals surface area contributed by atoms with E-state index < -0.39 is 0 Å². The molecule has 20 heavy (non-hydrogen) atoms. The highest BCUT2D eigenvalue weighted by atomic mass is 16.2. The van der Waals surface area contributed by atoms with E-state index in [1.807, 2.05) is 0 Å². The molecule has 4 heteroatoms. The third-order valence-corrected chi connectivity index (χ3v) is 4.39. The number of carbonyl (C=O) groups is 1. The van der Waals surface area contributed by atoms with Crippen molar-refractivity contribution in [1.82, 2.24) is 10.2 Å². The fourth-order valence-electron chi connectivity index (χ4n) is 3.26. The Morgan fingerprint density at radius 2 is 2.00 bits per heavy atom. The zero-order chi connectivity index (χ0) is 15.3. The highest BCUT2D eigenvalue weighted by Gasteiger charge is 2.33. The Hall–Kier alpha value is -0.610. The van der Waals surface area contributed by atoms with Crippen LogP contribution in [0, 0.1) is 17.8 Å². The van der Waals surface area contributed by atoms with E-state index in [1.165, 1.54) is 0 Å². The van der Waals surface area contributed by atoms with Gasteiger partial charge in [0.05, 0.1) is 0 Å². The second-order valence-corrected chi connectivity index (χ2v) is 7.16. The van der Waals surface area contributed by atoms with Crippen molar-refractivity contribution in [3.8, 4) is 0 Å². The van der Waals surface area contributed by atoms with E-state index in [4.69, 9.17) is 5.73 Å². The Morgan fingerprint density at radius 3 is 2.55 bits per heavy atom. The molecule has 0 aromatic rings. The van der Waals surface area contributed by atoms with Crippen molar-refractivity contribution in [2.45, 2.75) is 58.5 Å². The van der Waals surface area contributed by atoms with E-state index in [2.05, 4.69) is 45.1 Å². The molecule has 0 saturated heterocycles. The normalized spacial score (nSPS) is 28.7. The summed E-state index contributed by atoms with van der Waals surface area (Å²) >= 11 is 0. The van der Waals surface area contributed by atoms with E-state index in [0.717, 1.165) is 32.2 Å². The highest BCUT2D eigenvalue weighted by molar-refractivity contribution is 5.79. The first kappa shape index (κ1) is 17.4. The smallest absolute Gasteiger partial charge is 0.223 e. The van der Waals surface area contributed by atoms with E-state index in [1.54, 1.807) is 0 Å². The van der Waals surface area contributed by atoms with E-state index >= 15 is 0 Å². The third kappa shape index (κ3) is 5.41. The predicted molar refractivity (Wildman–Crippen MR) is 84.4 cm³/mol. The molecule has 0 bridgehead atoms. The SMILES string of the molecule is CC(C)CC(CN(C)C)NC(=O)C1CCCC(N)C1C. The number of nitrogens with two attached hydrogens (primary N) is 1. The van der Waals surface area contributed by atoms with Crippen LogP contribution in [0.3, 0.4) is 0 Å². The molecule has 1 saturated carbocycles. The fraction of sp³-hybridized carbons (Fsp3) is 0.938. The van der Waals surface area contributed by atoms with Gasteiger partial charge in [0.1, 0.15) is 0 Å². The Kier molecular flexibility index (Phi) is 6.96. The van der Waals surface area contributed by atoms with Crippen LogP contribution < -0.4 is 11.1 Å². The van der Waals surface area contributed by atoms with Crippen molar-refractivity contribution in [2.24, 2.45) is 23.5 Å². The van der Waals surface area contributed by atoms with Gasteiger partial charge in [0.15, 0.2) is 0 Å². The lowest BCUT2D eigenvalue weighted by Crippen LogP contribution is -2.49. The Labute approximate surface area is 124 Å². The Balaban J connectivity index is 2.59. The molecule has 0 aromatic carbocycles. The quantitative estimate of drug-likeness (QED) is 0.782. The molecular formula is C16H33N3O. The second-order valence-electron chi connectivity index (χ2n) is 7.16. The standard InChI is InChI=1S/C16H33N3O/c1-11(2)9-13(10-19(4)5)18-16(20)14-7-6-8-15(17)12(14)3/h11-15H,6-10,17H2,1-5H3,(H,18,20). The molecule has 4 nitrogen and oxygen atoms in total. The van der Waals surface area contributed by atoms with Crippen LogP contribution in [0.25, 0.3) is 0 Å². The summed E-state index contributed by atoms with van der Waals surface area (Å²) < 4.78 is 0. The summed E-state index contributed by atoms with van der Waals surface area (Å²) in [5, 5.41) is 3.26. The molecular weight excluding hydrogens is 250 g/mol. The van der Waals surface area contributed by atoms with Crippen LogP contribution >= 0.6 is 0 Å². The van der Waals surface area contributed by atoms with Gasteiger partial charge in [-0.2, -0.15) is 0 Å². The number of nitrogens with one attached hydrogen (secondary N) is 1. The van der Waals surface area contributed by atoms with Gasteiger partial charge in [-0.25, -0.2) is 0 Å². The number of nitrogens with zero attached hydrogens (tertiary/aromatic N) is 1. The molecule has 0 aliphatic heterocycles. The monoisotopic (exact) mass is 283 g/mol. The summed E-state index contributed by atoms with van der Waals surface area (Å²) in [6, 6.07) is 0.416. The number of carbonyl (C=O) groups excluding carboxylic acids is 1. The Bertz CT molecular complexity index is 294. The average molecular weight is 283 g/mol. The topological polar surface area (TPSA) is 58.4 Å². The maximum absolute atomic E-state index is 12.5. The lowest BCUT2D eigenvalue weighted by molar-refractivity contribution is -0.128. The summed E-state index contributed by atoms with van der Waals surface area (Å²) in [7, 11) is 4.11. The highest BCUT2D eigenvalue weighted by Crippen LogP contribution is 2.29. The van der Waals surface area contributed by atoms with Crippen molar-refractivity contribution in [2.75, 3.05) is 20.6 Å². The summed E-state index contributed by atoms with van der Waals surface area (Å²) in [6.45, 7) is 7.43. The molecule has 1 fully saturated rings. The van der Waals surface area contributed by atoms with Gasteiger partial charge >= 0.3 is 0 Å². The molecule has 1 aliphatic carbocycles. The average Bonchev–Trinajstić information content (AvgIpc) is 2.30. The number of amides is 1. The zero-order valence-electron chi connectivity index (χ0n) is 13.9. The van der Waals surface area contributed by atoms with Gasteiger partial charge in [-0.15, -0.1) is 0 Å². The molecule has 4 unspecified atom stereocenters. The fourth-order valence-corrected chi connectivity index (χ4v) is 3.26. The molecule has 3 N–H and O–H groups in total. The minimum atomic E-state index is 0.0931. The molecule has 4 atom stereocenters. The lowest BCUT2D eigenvalue weighted by Gasteiger charge is -2.34. The first-order valence-corrected chi connectivity index (χ1v) is 8.02. The minimum Gasteiger partial charge on any atom is -0.352 e. The van der Waals surface area contributed by atoms with Gasteiger partial charge in [-0.1, -0.05) is 27.2 Å². The van der Waals surface area contributed by atoms with Crippen molar-refractivity contribution >= 4 is 5.91 Å². The van der Waals surface area contributed by atoms with E-state index in [-0.39, 0.29) is 23.9 Å². The van der Waals surface area contributed by atoms with Crippen LogP contribution in [-0.4, -0.2) is 43.5 Å². The van der Waals surface area contributed by atoms with Crippen molar-refractivity contribution in [1.29, 1.82) is 0 Å². The predicted octanol–water partition coefficient (Wildman–Crippen LogP) is 1.84.